The lowest BCUT2D eigenvalue weighted by Crippen LogP contribution is -2.13. The maximum atomic E-state index is 12.8. The molecular formula is C18H16N2O5S. The Labute approximate surface area is 150 Å². The molecule has 1 heterocycles. The Bertz CT molecular complexity index is 1110. The van der Waals surface area contributed by atoms with E-state index in [-0.39, 0.29) is 16.3 Å². The summed E-state index contributed by atoms with van der Waals surface area (Å²) in [5.41, 5.74) is 1.27. The van der Waals surface area contributed by atoms with Crippen LogP contribution in [0.15, 0.2) is 53.4 Å². The number of aryl methyl sites for hydroxylation is 2. The Morgan fingerprint density at radius 1 is 1.15 bits per heavy atom. The zero-order valence-corrected chi connectivity index (χ0v) is 15.0. The second-order valence-corrected chi connectivity index (χ2v) is 7.24. The van der Waals surface area contributed by atoms with Gasteiger partial charge >= 0.3 is 10.1 Å². The molecule has 8 heteroatoms. The van der Waals surface area contributed by atoms with Gasteiger partial charge in [0.15, 0.2) is 5.75 Å². The summed E-state index contributed by atoms with van der Waals surface area (Å²) in [6, 6.07) is 12.3. The third-order valence-electron chi connectivity index (χ3n) is 3.93. The van der Waals surface area contributed by atoms with Gasteiger partial charge in [-0.1, -0.05) is 31.2 Å². The number of hydrogen-bond donors (Lipinski definition) is 0. The van der Waals surface area contributed by atoms with Crippen molar-refractivity contribution in [1.82, 2.24) is 4.98 Å². The first-order chi connectivity index (χ1) is 12.3. The molecule has 134 valence electrons. The van der Waals surface area contributed by atoms with Crippen molar-refractivity contribution in [3.05, 3.63) is 69.9 Å². The zero-order chi connectivity index (χ0) is 18.9. The minimum Gasteiger partial charge on any atom is -0.377 e. The van der Waals surface area contributed by atoms with Crippen LogP contribution < -0.4 is 4.18 Å². The lowest BCUT2D eigenvalue weighted by molar-refractivity contribution is -0.385. The molecule has 26 heavy (non-hydrogen) atoms. The maximum Gasteiger partial charge on any atom is 0.339 e. The molecular weight excluding hydrogens is 356 g/mol. The summed E-state index contributed by atoms with van der Waals surface area (Å²) in [4.78, 5) is 14.5. The summed E-state index contributed by atoms with van der Waals surface area (Å²) < 4.78 is 30.9. The van der Waals surface area contributed by atoms with Crippen molar-refractivity contribution in [2.24, 2.45) is 0 Å². The molecule has 0 saturated heterocycles. The molecule has 1 aromatic heterocycles. The topological polar surface area (TPSA) is 99.4 Å². The van der Waals surface area contributed by atoms with E-state index in [0.29, 0.717) is 17.5 Å². The van der Waals surface area contributed by atoms with Crippen LogP contribution in [0.25, 0.3) is 10.9 Å². The van der Waals surface area contributed by atoms with Crippen LogP contribution in [0, 0.1) is 17.0 Å². The maximum absolute atomic E-state index is 12.8. The second-order valence-electron chi connectivity index (χ2n) is 5.72. The van der Waals surface area contributed by atoms with Gasteiger partial charge in [-0.2, -0.15) is 8.42 Å². The van der Waals surface area contributed by atoms with Gasteiger partial charge in [-0.3, -0.25) is 10.1 Å². The number of nitro groups is 1. The molecule has 0 aliphatic heterocycles. The monoisotopic (exact) mass is 372 g/mol. The van der Waals surface area contributed by atoms with Gasteiger partial charge in [0.1, 0.15) is 10.4 Å². The predicted molar refractivity (Wildman–Crippen MR) is 96.8 cm³/mol. The number of pyridine rings is 1. The average Bonchev–Trinajstić information content (AvgIpc) is 2.61. The van der Waals surface area contributed by atoms with Crippen molar-refractivity contribution in [3.8, 4) is 5.75 Å². The Morgan fingerprint density at radius 2 is 1.92 bits per heavy atom. The van der Waals surface area contributed by atoms with Gasteiger partial charge in [0, 0.05) is 23.2 Å². The molecule has 3 rings (SSSR count). The molecule has 0 aliphatic carbocycles. The lowest BCUT2D eigenvalue weighted by atomic mass is 10.1. The Kier molecular flexibility index (Phi) is 4.60. The number of benzene rings is 2. The van der Waals surface area contributed by atoms with Crippen LogP contribution >= 0.6 is 0 Å². The van der Waals surface area contributed by atoms with Crippen molar-refractivity contribution in [2.45, 2.75) is 25.2 Å². The van der Waals surface area contributed by atoms with E-state index >= 15 is 0 Å². The summed E-state index contributed by atoms with van der Waals surface area (Å²) in [5.74, 6) is 0.0831. The third-order valence-corrected chi connectivity index (χ3v) is 5.25. The third kappa shape index (κ3) is 3.36. The smallest absolute Gasteiger partial charge is 0.339 e. The van der Waals surface area contributed by atoms with Crippen LogP contribution in [0.4, 0.5) is 5.69 Å². The summed E-state index contributed by atoms with van der Waals surface area (Å²) in [5, 5.41) is 11.7. The fourth-order valence-electron chi connectivity index (χ4n) is 2.63. The normalized spacial score (nSPS) is 11.5. The van der Waals surface area contributed by atoms with E-state index < -0.39 is 15.0 Å². The highest BCUT2D eigenvalue weighted by Gasteiger charge is 2.24. The van der Waals surface area contributed by atoms with E-state index in [4.69, 9.17) is 4.18 Å². The molecule has 0 unspecified atom stereocenters. The van der Waals surface area contributed by atoms with Crippen LogP contribution in [-0.4, -0.2) is 18.3 Å². The highest BCUT2D eigenvalue weighted by Crippen LogP contribution is 2.29. The Hall–Kier alpha value is -3.00. The lowest BCUT2D eigenvalue weighted by Gasteiger charge is -2.12. The molecule has 0 spiro atoms. The molecule has 0 atom stereocenters. The van der Waals surface area contributed by atoms with Crippen molar-refractivity contribution < 1.29 is 17.5 Å². The standard InChI is InChI=1S/C18H16N2O5S/c1-3-13-9-10-15(20(21)22)11-17(13)26(23,24)25-16-6-4-5-14-8-7-12(2)19-18(14)16/h4-11H,3H2,1-2H3. The number of nitro benzene ring substituents is 1. The summed E-state index contributed by atoms with van der Waals surface area (Å²) in [6.07, 6.45) is 0.392. The van der Waals surface area contributed by atoms with Crippen molar-refractivity contribution in [1.29, 1.82) is 0 Å². The highest BCUT2D eigenvalue weighted by molar-refractivity contribution is 7.87. The fourth-order valence-corrected chi connectivity index (χ4v) is 3.89. The summed E-state index contributed by atoms with van der Waals surface area (Å²) in [7, 11) is -4.26. The van der Waals surface area contributed by atoms with E-state index in [1.165, 1.54) is 18.2 Å². The van der Waals surface area contributed by atoms with E-state index in [1.807, 2.05) is 12.1 Å². The molecule has 2 aromatic carbocycles. The number of para-hydroxylation sites is 1. The van der Waals surface area contributed by atoms with Gasteiger partial charge < -0.3 is 4.18 Å². The molecule has 0 amide bonds. The van der Waals surface area contributed by atoms with Gasteiger partial charge in [-0.25, -0.2) is 4.98 Å². The molecule has 0 radical (unpaired) electrons. The number of rotatable bonds is 5. The first-order valence-electron chi connectivity index (χ1n) is 7.90. The van der Waals surface area contributed by atoms with Crippen molar-refractivity contribution >= 4 is 26.7 Å². The first kappa shape index (κ1) is 17.8. The van der Waals surface area contributed by atoms with Gasteiger partial charge in [-0.15, -0.1) is 0 Å². The minimum atomic E-state index is -4.26. The summed E-state index contributed by atoms with van der Waals surface area (Å²) in [6.45, 7) is 3.56. The number of fused-ring (bicyclic) bond motifs is 1. The Balaban J connectivity index is 2.12. The summed E-state index contributed by atoms with van der Waals surface area (Å²) >= 11 is 0. The molecule has 3 aromatic rings. The molecule has 7 nitrogen and oxygen atoms in total. The van der Waals surface area contributed by atoms with Crippen LogP contribution in [-0.2, 0) is 16.5 Å². The van der Waals surface area contributed by atoms with E-state index in [2.05, 4.69) is 4.98 Å². The van der Waals surface area contributed by atoms with Gasteiger partial charge in [0.2, 0.25) is 0 Å². The SMILES string of the molecule is CCc1ccc([N+](=O)[O-])cc1S(=O)(=O)Oc1cccc2ccc(C)nc12. The van der Waals surface area contributed by atoms with Gasteiger partial charge in [0.25, 0.3) is 5.69 Å². The Morgan fingerprint density at radius 3 is 2.62 bits per heavy atom. The van der Waals surface area contributed by atoms with Crippen LogP contribution in [0.2, 0.25) is 0 Å². The average molecular weight is 372 g/mol. The number of non-ortho nitro benzene ring substituents is 1. The number of hydrogen-bond acceptors (Lipinski definition) is 6. The van der Waals surface area contributed by atoms with Gasteiger partial charge in [-0.05, 0) is 31.0 Å². The van der Waals surface area contributed by atoms with Crippen LogP contribution in [0.1, 0.15) is 18.2 Å². The molecule has 0 saturated carbocycles. The molecule has 0 aliphatic rings. The first-order valence-corrected chi connectivity index (χ1v) is 9.31. The second kappa shape index (κ2) is 6.72. The van der Waals surface area contributed by atoms with Crippen LogP contribution in [0.3, 0.4) is 0 Å². The van der Waals surface area contributed by atoms with Crippen LogP contribution in [0.5, 0.6) is 5.75 Å². The zero-order valence-electron chi connectivity index (χ0n) is 14.2. The predicted octanol–water partition coefficient (Wildman–Crippen LogP) is 3.78. The van der Waals surface area contributed by atoms with Crippen molar-refractivity contribution in [2.75, 3.05) is 0 Å². The van der Waals surface area contributed by atoms with Crippen molar-refractivity contribution in [3.63, 3.8) is 0 Å². The molecule has 0 bridgehead atoms. The largest absolute Gasteiger partial charge is 0.377 e. The fraction of sp³-hybridized carbons (Fsp3) is 0.167. The molecule has 0 N–H and O–H groups in total. The highest BCUT2D eigenvalue weighted by atomic mass is 32.2. The number of nitrogens with zero attached hydrogens (tertiary/aromatic N) is 2. The molecule has 0 fully saturated rings. The van der Waals surface area contributed by atoms with E-state index in [1.54, 1.807) is 26.0 Å². The number of aromatic nitrogens is 1. The van der Waals surface area contributed by atoms with E-state index in [0.717, 1.165) is 17.1 Å². The van der Waals surface area contributed by atoms with Gasteiger partial charge in [0.05, 0.1) is 4.92 Å². The minimum absolute atomic E-state index is 0.0831. The quantitative estimate of drug-likeness (QED) is 0.384. The van der Waals surface area contributed by atoms with E-state index in [9.17, 15) is 18.5 Å².